The molecule has 0 bridgehead atoms. The van der Waals surface area contributed by atoms with E-state index in [2.05, 4.69) is 5.10 Å². The lowest BCUT2D eigenvalue weighted by Crippen LogP contribution is -2.42. The number of rotatable bonds is 6. The van der Waals surface area contributed by atoms with Crippen molar-refractivity contribution in [3.05, 3.63) is 57.9 Å². The fourth-order valence-corrected chi connectivity index (χ4v) is 3.33. The Hall–Kier alpha value is -2.64. The maximum atomic E-state index is 12.0. The van der Waals surface area contributed by atoms with Gasteiger partial charge in [-0.3, -0.25) is 9.48 Å². The van der Waals surface area contributed by atoms with Crippen molar-refractivity contribution in [2.45, 2.75) is 20.4 Å². The lowest BCUT2D eigenvalue weighted by atomic mass is 10.1. The molecule has 3 rings (SSSR count). The molecule has 0 radical (unpaired) electrons. The standard InChI is InChI=1S/C21H24ClN3O4/c1-15-18(16(2)25(23-15)13-17-5-3-4-6-19(17)22)7-8-21(27)29-14-20(26)24-9-11-28-12-10-24/h3-8H,9-14H2,1-2H3/b8-7+. The second-order valence-corrected chi connectivity index (χ2v) is 7.17. The number of hydrogen-bond donors (Lipinski definition) is 0. The molecule has 0 N–H and O–H groups in total. The summed E-state index contributed by atoms with van der Waals surface area (Å²) in [5.74, 6) is -0.778. The monoisotopic (exact) mass is 417 g/mol. The Kier molecular flexibility index (Phi) is 7.06. The van der Waals surface area contributed by atoms with E-state index in [1.807, 2.05) is 42.8 Å². The van der Waals surface area contributed by atoms with Crippen molar-refractivity contribution in [1.82, 2.24) is 14.7 Å². The van der Waals surface area contributed by atoms with Crippen molar-refractivity contribution in [3.63, 3.8) is 0 Å². The average molecular weight is 418 g/mol. The highest BCUT2D eigenvalue weighted by Crippen LogP contribution is 2.20. The number of aromatic nitrogens is 2. The molecule has 1 fully saturated rings. The fraction of sp³-hybridized carbons (Fsp3) is 0.381. The summed E-state index contributed by atoms with van der Waals surface area (Å²) in [5.41, 5.74) is 3.52. The van der Waals surface area contributed by atoms with Crippen LogP contribution in [-0.4, -0.2) is 59.5 Å². The Morgan fingerprint density at radius 1 is 1.24 bits per heavy atom. The predicted molar refractivity (Wildman–Crippen MR) is 110 cm³/mol. The second-order valence-electron chi connectivity index (χ2n) is 6.77. The predicted octanol–water partition coefficient (Wildman–Crippen LogP) is 2.62. The number of ether oxygens (including phenoxy) is 2. The van der Waals surface area contributed by atoms with Crippen molar-refractivity contribution in [2.75, 3.05) is 32.9 Å². The lowest BCUT2D eigenvalue weighted by Gasteiger charge is -2.26. The minimum Gasteiger partial charge on any atom is -0.452 e. The first-order valence-electron chi connectivity index (χ1n) is 9.43. The third-order valence-corrected chi connectivity index (χ3v) is 5.17. The van der Waals surface area contributed by atoms with E-state index in [9.17, 15) is 9.59 Å². The Morgan fingerprint density at radius 3 is 2.69 bits per heavy atom. The van der Waals surface area contributed by atoms with Crippen molar-refractivity contribution < 1.29 is 19.1 Å². The van der Waals surface area contributed by atoms with Gasteiger partial charge in [-0.1, -0.05) is 29.8 Å². The van der Waals surface area contributed by atoms with Gasteiger partial charge < -0.3 is 14.4 Å². The van der Waals surface area contributed by atoms with E-state index in [1.54, 1.807) is 11.0 Å². The van der Waals surface area contributed by atoms with Crippen LogP contribution in [0, 0.1) is 13.8 Å². The first-order chi connectivity index (χ1) is 14.0. The van der Waals surface area contributed by atoms with Gasteiger partial charge in [0.2, 0.25) is 0 Å². The molecule has 8 heteroatoms. The van der Waals surface area contributed by atoms with Crippen LogP contribution in [0.3, 0.4) is 0 Å². The number of carbonyl (C=O) groups is 2. The van der Waals surface area contributed by atoms with Gasteiger partial charge in [-0.25, -0.2) is 4.79 Å². The molecule has 1 aliphatic heterocycles. The van der Waals surface area contributed by atoms with Gasteiger partial charge in [0.25, 0.3) is 5.91 Å². The van der Waals surface area contributed by atoms with Gasteiger partial charge in [0.1, 0.15) is 0 Å². The van der Waals surface area contributed by atoms with E-state index in [0.29, 0.717) is 37.9 Å². The molecule has 1 aromatic heterocycles. The summed E-state index contributed by atoms with van der Waals surface area (Å²) in [6.45, 7) is 6.15. The van der Waals surface area contributed by atoms with Gasteiger partial charge in [-0.2, -0.15) is 5.10 Å². The van der Waals surface area contributed by atoms with Crippen LogP contribution in [0.5, 0.6) is 0 Å². The Morgan fingerprint density at radius 2 is 1.97 bits per heavy atom. The zero-order chi connectivity index (χ0) is 20.8. The summed E-state index contributed by atoms with van der Waals surface area (Å²) in [5, 5.41) is 5.23. The van der Waals surface area contributed by atoms with Crippen molar-refractivity contribution in [3.8, 4) is 0 Å². The zero-order valence-corrected chi connectivity index (χ0v) is 17.3. The van der Waals surface area contributed by atoms with Crippen LogP contribution in [0.4, 0.5) is 0 Å². The number of amides is 1. The zero-order valence-electron chi connectivity index (χ0n) is 16.6. The molecule has 0 spiro atoms. The van der Waals surface area contributed by atoms with Crippen LogP contribution >= 0.6 is 11.6 Å². The molecule has 0 atom stereocenters. The van der Waals surface area contributed by atoms with E-state index in [1.165, 1.54) is 6.08 Å². The number of carbonyl (C=O) groups excluding carboxylic acids is 2. The molecule has 2 heterocycles. The highest BCUT2D eigenvalue weighted by Gasteiger charge is 2.18. The number of morpholine rings is 1. The molecule has 1 aliphatic rings. The van der Waals surface area contributed by atoms with Gasteiger partial charge in [0, 0.05) is 35.4 Å². The molecule has 1 saturated heterocycles. The van der Waals surface area contributed by atoms with Gasteiger partial charge in [-0.15, -0.1) is 0 Å². The molecule has 2 aromatic rings. The number of nitrogens with zero attached hydrogens (tertiary/aromatic N) is 3. The largest absolute Gasteiger partial charge is 0.452 e. The van der Waals surface area contributed by atoms with Crippen LogP contribution in [0.2, 0.25) is 5.02 Å². The molecule has 1 aromatic carbocycles. The number of halogens is 1. The summed E-state index contributed by atoms with van der Waals surface area (Å²) < 4.78 is 12.1. The average Bonchev–Trinajstić information content (AvgIpc) is 2.99. The third kappa shape index (κ3) is 5.46. The van der Waals surface area contributed by atoms with Crippen LogP contribution < -0.4 is 0 Å². The highest BCUT2D eigenvalue weighted by atomic mass is 35.5. The fourth-order valence-electron chi connectivity index (χ4n) is 3.13. The molecule has 0 aliphatic carbocycles. The maximum absolute atomic E-state index is 12.0. The number of benzene rings is 1. The van der Waals surface area contributed by atoms with Crippen LogP contribution in [-0.2, 0) is 25.6 Å². The van der Waals surface area contributed by atoms with Gasteiger partial charge in [-0.05, 0) is 31.6 Å². The third-order valence-electron chi connectivity index (χ3n) is 4.80. The number of aryl methyl sites for hydroxylation is 1. The van der Waals surface area contributed by atoms with Crippen LogP contribution in [0.15, 0.2) is 30.3 Å². The minimum absolute atomic E-state index is 0.213. The second kappa shape index (κ2) is 9.71. The molecule has 154 valence electrons. The van der Waals surface area contributed by atoms with Crippen molar-refractivity contribution >= 4 is 29.6 Å². The maximum Gasteiger partial charge on any atom is 0.331 e. The quantitative estimate of drug-likeness (QED) is 0.533. The molecule has 7 nitrogen and oxygen atoms in total. The smallest absolute Gasteiger partial charge is 0.331 e. The van der Waals surface area contributed by atoms with Gasteiger partial charge >= 0.3 is 5.97 Å². The Bertz CT molecular complexity index is 917. The van der Waals surface area contributed by atoms with Crippen molar-refractivity contribution in [1.29, 1.82) is 0 Å². The first-order valence-corrected chi connectivity index (χ1v) is 9.81. The van der Waals surface area contributed by atoms with E-state index in [-0.39, 0.29) is 12.5 Å². The summed E-state index contributed by atoms with van der Waals surface area (Å²) in [4.78, 5) is 25.7. The van der Waals surface area contributed by atoms with Gasteiger partial charge in [0.15, 0.2) is 6.61 Å². The molecule has 0 saturated carbocycles. The summed E-state index contributed by atoms with van der Waals surface area (Å²) in [6, 6.07) is 7.62. The molecular weight excluding hydrogens is 394 g/mol. The van der Waals surface area contributed by atoms with Crippen molar-refractivity contribution in [2.24, 2.45) is 0 Å². The summed E-state index contributed by atoms with van der Waals surface area (Å²) in [7, 11) is 0. The Balaban J connectivity index is 1.60. The van der Waals surface area contributed by atoms with Crippen LogP contribution in [0.25, 0.3) is 6.08 Å². The normalized spacial score (nSPS) is 14.4. The highest BCUT2D eigenvalue weighted by molar-refractivity contribution is 6.31. The number of hydrogen-bond acceptors (Lipinski definition) is 5. The molecular formula is C21H24ClN3O4. The molecule has 1 amide bonds. The topological polar surface area (TPSA) is 73.7 Å². The Labute approximate surface area is 174 Å². The van der Waals surface area contributed by atoms with E-state index in [0.717, 1.165) is 22.5 Å². The molecule has 0 unspecified atom stereocenters. The summed E-state index contributed by atoms with van der Waals surface area (Å²) in [6.07, 6.45) is 2.99. The summed E-state index contributed by atoms with van der Waals surface area (Å²) >= 11 is 6.24. The van der Waals surface area contributed by atoms with Crippen LogP contribution in [0.1, 0.15) is 22.5 Å². The number of esters is 1. The van der Waals surface area contributed by atoms with E-state index >= 15 is 0 Å². The molecule has 29 heavy (non-hydrogen) atoms. The van der Waals surface area contributed by atoms with E-state index in [4.69, 9.17) is 21.1 Å². The first kappa shape index (κ1) is 21.1. The SMILES string of the molecule is Cc1nn(Cc2ccccc2Cl)c(C)c1/C=C/C(=O)OCC(=O)N1CCOCC1. The lowest BCUT2D eigenvalue weighted by molar-refractivity contribution is -0.150. The van der Waals surface area contributed by atoms with Gasteiger partial charge in [0.05, 0.1) is 25.5 Å². The van der Waals surface area contributed by atoms with E-state index < -0.39 is 5.97 Å². The minimum atomic E-state index is -0.565.